The Kier molecular flexibility index (Phi) is 5.40. The second kappa shape index (κ2) is 6.58. The molecule has 0 aliphatic heterocycles. The number of rotatable bonds is 6. The Bertz CT molecular complexity index is 426. The molecule has 0 aromatic heterocycles. The fraction of sp³-hybridized carbons (Fsp3) is 0.500. The van der Waals surface area contributed by atoms with Gasteiger partial charge in [0.05, 0.1) is 17.6 Å². The molecule has 1 unspecified atom stereocenters. The van der Waals surface area contributed by atoms with Crippen LogP contribution in [-0.4, -0.2) is 17.3 Å². The van der Waals surface area contributed by atoms with Gasteiger partial charge in [-0.1, -0.05) is 13.8 Å². The highest BCUT2D eigenvalue weighted by atomic mass is 32.1. The average Bonchev–Trinajstić information content (AvgIpc) is 2.30. The van der Waals surface area contributed by atoms with Crippen molar-refractivity contribution in [3.05, 3.63) is 34.1 Å². The number of benzene rings is 1. The summed E-state index contributed by atoms with van der Waals surface area (Å²) in [5.74, 6) is 0.553. The Hall–Kier alpha value is -1.30. The van der Waals surface area contributed by atoms with Crippen LogP contribution in [0.5, 0.6) is 5.75 Å². The molecule has 18 heavy (non-hydrogen) atoms. The lowest BCUT2D eigenvalue weighted by atomic mass is 9.99. The van der Waals surface area contributed by atoms with Crippen molar-refractivity contribution in [3.8, 4) is 5.75 Å². The monoisotopic (exact) mass is 273 g/mol. The van der Waals surface area contributed by atoms with Crippen LogP contribution in [0.15, 0.2) is 18.2 Å². The van der Waals surface area contributed by atoms with E-state index in [-0.39, 0.29) is 17.4 Å². The number of ether oxygens (including phenoxy) is 1. The quantitative estimate of drug-likeness (QED) is 0.491. The van der Waals surface area contributed by atoms with Crippen LogP contribution in [0, 0.1) is 27.8 Å². The molecular formula is C12H16FNO3S. The lowest BCUT2D eigenvalue weighted by Crippen LogP contribution is -2.19. The lowest BCUT2D eigenvalue weighted by Gasteiger charge is -2.19. The SMILES string of the molecule is CC(C)C(CS)COc1ccc([N+](=O)[O-])cc1F. The van der Waals surface area contributed by atoms with E-state index in [1.165, 1.54) is 12.1 Å². The molecule has 0 saturated carbocycles. The zero-order chi connectivity index (χ0) is 13.7. The van der Waals surface area contributed by atoms with E-state index in [4.69, 9.17) is 4.74 Å². The van der Waals surface area contributed by atoms with Gasteiger partial charge in [-0.05, 0) is 17.7 Å². The minimum Gasteiger partial charge on any atom is -0.490 e. The molecule has 0 amide bonds. The van der Waals surface area contributed by atoms with Gasteiger partial charge in [0.2, 0.25) is 0 Å². The molecule has 1 aromatic rings. The van der Waals surface area contributed by atoms with Gasteiger partial charge in [-0.15, -0.1) is 0 Å². The van der Waals surface area contributed by atoms with Crippen LogP contribution < -0.4 is 4.74 Å². The summed E-state index contributed by atoms with van der Waals surface area (Å²) in [6, 6.07) is 3.37. The molecule has 0 fully saturated rings. The van der Waals surface area contributed by atoms with E-state index in [9.17, 15) is 14.5 Å². The summed E-state index contributed by atoms with van der Waals surface area (Å²) in [4.78, 5) is 9.81. The van der Waals surface area contributed by atoms with Gasteiger partial charge in [-0.3, -0.25) is 10.1 Å². The maximum Gasteiger partial charge on any atom is 0.272 e. The van der Waals surface area contributed by atoms with Crippen LogP contribution in [0.3, 0.4) is 0 Å². The topological polar surface area (TPSA) is 52.4 Å². The molecule has 100 valence electrons. The maximum atomic E-state index is 13.5. The predicted octanol–water partition coefficient (Wildman–Crippen LogP) is 3.31. The summed E-state index contributed by atoms with van der Waals surface area (Å²) in [5.41, 5.74) is -0.283. The van der Waals surface area contributed by atoms with Gasteiger partial charge in [0.15, 0.2) is 11.6 Å². The number of non-ortho nitro benzene ring substituents is 1. The number of halogens is 1. The molecule has 0 N–H and O–H groups in total. The Labute approximate surface area is 111 Å². The highest BCUT2D eigenvalue weighted by Crippen LogP contribution is 2.24. The molecule has 0 aliphatic carbocycles. The fourth-order valence-electron chi connectivity index (χ4n) is 1.37. The van der Waals surface area contributed by atoms with Gasteiger partial charge in [0, 0.05) is 12.0 Å². The number of nitrogens with zero attached hydrogens (tertiary/aromatic N) is 1. The lowest BCUT2D eigenvalue weighted by molar-refractivity contribution is -0.385. The van der Waals surface area contributed by atoms with Gasteiger partial charge >= 0.3 is 0 Å². The van der Waals surface area contributed by atoms with Crippen LogP contribution in [-0.2, 0) is 0 Å². The number of nitro groups is 1. The van der Waals surface area contributed by atoms with Gasteiger partial charge in [0.1, 0.15) is 0 Å². The minimum absolute atomic E-state index is 0.0352. The first kappa shape index (κ1) is 14.8. The molecule has 4 nitrogen and oxygen atoms in total. The van der Waals surface area contributed by atoms with Crippen LogP contribution in [0.1, 0.15) is 13.8 Å². The summed E-state index contributed by atoms with van der Waals surface area (Å²) in [7, 11) is 0. The smallest absolute Gasteiger partial charge is 0.272 e. The van der Waals surface area contributed by atoms with Crippen LogP contribution in [0.4, 0.5) is 10.1 Å². The molecule has 0 spiro atoms. The van der Waals surface area contributed by atoms with Crippen molar-refractivity contribution < 1.29 is 14.1 Å². The molecule has 1 atom stereocenters. The van der Waals surface area contributed by atoms with Crippen molar-refractivity contribution in [1.82, 2.24) is 0 Å². The maximum absolute atomic E-state index is 13.5. The van der Waals surface area contributed by atoms with Crippen molar-refractivity contribution in [2.45, 2.75) is 13.8 Å². The van der Waals surface area contributed by atoms with Crippen molar-refractivity contribution >= 4 is 18.3 Å². The van der Waals surface area contributed by atoms with E-state index in [0.717, 1.165) is 6.07 Å². The van der Waals surface area contributed by atoms with E-state index in [1.807, 2.05) is 13.8 Å². The largest absolute Gasteiger partial charge is 0.490 e. The number of thiol groups is 1. The molecule has 0 heterocycles. The molecule has 0 radical (unpaired) electrons. The second-order valence-corrected chi connectivity index (χ2v) is 4.73. The number of hydrogen-bond donors (Lipinski definition) is 1. The highest BCUT2D eigenvalue weighted by Gasteiger charge is 2.15. The third-order valence-corrected chi connectivity index (χ3v) is 3.23. The van der Waals surface area contributed by atoms with Crippen molar-refractivity contribution in [2.75, 3.05) is 12.4 Å². The number of nitro benzene ring substituents is 1. The standard InChI is InChI=1S/C12H16FNO3S/c1-8(2)9(7-18)6-17-12-4-3-10(14(15)16)5-11(12)13/h3-5,8-9,18H,6-7H2,1-2H3. The van der Waals surface area contributed by atoms with Gasteiger partial charge in [0.25, 0.3) is 5.69 Å². The first-order chi connectivity index (χ1) is 8.45. The van der Waals surface area contributed by atoms with E-state index in [0.29, 0.717) is 18.3 Å². The Balaban J connectivity index is 2.71. The first-order valence-corrected chi connectivity index (χ1v) is 6.26. The average molecular weight is 273 g/mol. The minimum atomic E-state index is -0.717. The zero-order valence-electron chi connectivity index (χ0n) is 10.3. The predicted molar refractivity (Wildman–Crippen MR) is 70.7 cm³/mol. The van der Waals surface area contributed by atoms with Crippen molar-refractivity contribution in [2.24, 2.45) is 11.8 Å². The Morgan fingerprint density at radius 2 is 2.17 bits per heavy atom. The van der Waals surface area contributed by atoms with Crippen LogP contribution in [0.25, 0.3) is 0 Å². The van der Waals surface area contributed by atoms with Gasteiger partial charge < -0.3 is 4.74 Å². The third kappa shape index (κ3) is 3.87. The van der Waals surface area contributed by atoms with Gasteiger partial charge in [-0.2, -0.15) is 12.6 Å². The molecule has 0 saturated heterocycles. The zero-order valence-corrected chi connectivity index (χ0v) is 11.2. The van der Waals surface area contributed by atoms with E-state index >= 15 is 0 Å². The fourth-order valence-corrected chi connectivity index (χ4v) is 1.90. The van der Waals surface area contributed by atoms with E-state index in [2.05, 4.69) is 12.6 Å². The summed E-state index contributed by atoms with van der Waals surface area (Å²) in [5, 5.41) is 10.5. The molecule has 1 aromatic carbocycles. The second-order valence-electron chi connectivity index (χ2n) is 4.37. The first-order valence-electron chi connectivity index (χ1n) is 5.63. The molecule has 6 heteroatoms. The van der Waals surface area contributed by atoms with E-state index in [1.54, 1.807) is 0 Å². The summed E-state index contributed by atoms with van der Waals surface area (Å²) >= 11 is 4.21. The normalized spacial score (nSPS) is 12.5. The molecular weight excluding hydrogens is 257 g/mol. The molecule has 1 rings (SSSR count). The summed E-state index contributed by atoms with van der Waals surface area (Å²) in [6.45, 7) is 4.42. The van der Waals surface area contributed by atoms with Crippen molar-refractivity contribution in [3.63, 3.8) is 0 Å². The summed E-state index contributed by atoms with van der Waals surface area (Å²) in [6.07, 6.45) is 0. The van der Waals surface area contributed by atoms with Crippen molar-refractivity contribution in [1.29, 1.82) is 0 Å². The Morgan fingerprint density at radius 1 is 1.50 bits per heavy atom. The summed E-state index contributed by atoms with van der Waals surface area (Å²) < 4.78 is 18.9. The van der Waals surface area contributed by atoms with E-state index < -0.39 is 10.7 Å². The highest BCUT2D eigenvalue weighted by molar-refractivity contribution is 7.80. The van der Waals surface area contributed by atoms with Crippen LogP contribution in [0.2, 0.25) is 0 Å². The van der Waals surface area contributed by atoms with Gasteiger partial charge in [-0.25, -0.2) is 4.39 Å². The molecule has 0 aliphatic rings. The Morgan fingerprint density at radius 3 is 2.61 bits per heavy atom. The third-order valence-electron chi connectivity index (χ3n) is 2.76. The number of hydrogen-bond acceptors (Lipinski definition) is 4. The van der Waals surface area contributed by atoms with Crippen LogP contribution >= 0.6 is 12.6 Å². The molecule has 0 bridgehead atoms.